The van der Waals surface area contributed by atoms with Crippen LogP contribution < -0.4 is 5.73 Å². The van der Waals surface area contributed by atoms with E-state index in [9.17, 15) is 4.39 Å². The van der Waals surface area contributed by atoms with Crippen molar-refractivity contribution in [3.63, 3.8) is 0 Å². The molecule has 0 amide bonds. The van der Waals surface area contributed by atoms with Gasteiger partial charge in [-0.25, -0.2) is 4.39 Å². The van der Waals surface area contributed by atoms with Gasteiger partial charge in [0.15, 0.2) is 0 Å². The topological polar surface area (TPSA) is 26.0 Å². The van der Waals surface area contributed by atoms with Gasteiger partial charge in [0.2, 0.25) is 0 Å². The third kappa shape index (κ3) is 5.77. The molecular formula is C7H16FN. The summed E-state index contributed by atoms with van der Waals surface area (Å²) in [7, 11) is 0. The van der Waals surface area contributed by atoms with Gasteiger partial charge in [-0.2, -0.15) is 0 Å². The Morgan fingerprint density at radius 1 is 1.44 bits per heavy atom. The van der Waals surface area contributed by atoms with Crippen LogP contribution in [0.15, 0.2) is 0 Å². The first-order valence-electron chi connectivity index (χ1n) is 3.27. The monoisotopic (exact) mass is 133 g/mol. The predicted octanol–water partition coefficient (Wildman–Crippen LogP) is 1.72. The molecule has 1 atom stereocenters. The Hall–Kier alpha value is -0.110. The number of halogens is 1. The molecule has 1 unspecified atom stereocenters. The second-order valence-electron chi connectivity index (χ2n) is 3.68. The highest BCUT2D eigenvalue weighted by Gasteiger charge is 2.14. The minimum absolute atomic E-state index is 0.158. The minimum atomic E-state index is -0.405. The van der Waals surface area contributed by atoms with E-state index in [-0.39, 0.29) is 11.5 Å². The highest BCUT2D eigenvalue weighted by molar-refractivity contribution is 4.69. The maximum Gasteiger partial charge on any atom is 0.104 e. The number of alkyl halides is 1. The van der Waals surface area contributed by atoms with E-state index in [0.29, 0.717) is 0 Å². The maximum atomic E-state index is 11.8. The van der Waals surface area contributed by atoms with Crippen molar-refractivity contribution in [2.45, 2.75) is 33.2 Å². The van der Waals surface area contributed by atoms with Crippen molar-refractivity contribution < 1.29 is 4.39 Å². The smallest absolute Gasteiger partial charge is 0.104 e. The third-order valence-electron chi connectivity index (χ3n) is 1.07. The lowest BCUT2D eigenvalue weighted by Gasteiger charge is -2.20. The van der Waals surface area contributed by atoms with Crippen LogP contribution in [0.25, 0.3) is 0 Å². The maximum absolute atomic E-state index is 11.8. The van der Waals surface area contributed by atoms with Crippen LogP contribution in [0.5, 0.6) is 0 Å². The summed E-state index contributed by atoms with van der Waals surface area (Å²) in [6, 6.07) is -0.273. The molecule has 0 saturated heterocycles. The fraction of sp³-hybridized carbons (Fsp3) is 1.00. The zero-order chi connectivity index (χ0) is 7.49. The second-order valence-corrected chi connectivity index (χ2v) is 3.68. The highest BCUT2D eigenvalue weighted by Crippen LogP contribution is 2.19. The Morgan fingerprint density at radius 2 is 1.89 bits per heavy atom. The van der Waals surface area contributed by atoms with E-state index in [1.165, 1.54) is 0 Å². The average molecular weight is 133 g/mol. The predicted molar refractivity (Wildman–Crippen MR) is 38.0 cm³/mol. The molecule has 0 aliphatic rings. The molecule has 0 aliphatic carbocycles. The second kappa shape index (κ2) is 3.16. The lowest BCUT2D eigenvalue weighted by molar-refractivity contribution is 0.301. The van der Waals surface area contributed by atoms with E-state index >= 15 is 0 Å². The zero-order valence-electron chi connectivity index (χ0n) is 6.45. The molecule has 0 aliphatic heterocycles. The normalized spacial score (nSPS) is 15.7. The summed E-state index contributed by atoms with van der Waals surface area (Å²) in [6.45, 7) is 5.77. The Kier molecular flexibility index (Phi) is 3.12. The van der Waals surface area contributed by atoms with Crippen molar-refractivity contribution in [3.8, 4) is 0 Å². The van der Waals surface area contributed by atoms with Crippen LogP contribution in [-0.2, 0) is 0 Å². The lowest BCUT2D eigenvalue weighted by Crippen LogP contribution is -2.27. The van der Waals surface area contributed by atoms with Gasteiger partial charge in [-0.05, 0) is 11.8 Å². The first-order valence-corrected chi connectivity index (χ1v) is 3.27. The summed E-state index contributed by atoms with van der Waals surface area (Å²) in [5.74, 6) is 0. The molecule has 0 saturated carbocycles. The van der Waals surface area contributed by atoms with Gasteiger partial charge in [-0.1, -0.05) is 20.8 Å². The van der Waals surface area contributed by atoms with Crippen LogP contribution in [0.1, 0.15) is 27.2 Å². The highest BCUT2D eigenvalue weighted by atomic mass is 19.1. The van der Waals surface area contributed by atoms with Gasteiger partial charge in [-0.15, -0.1) is 0 Å². The molecule has 56 valence electrons. The minimum Gasteiger partial charge on any atom is -0.325 e. The summed E-state index contributed by atoms with van der Waals surface area (Å²) >= 11 is 0. The van der Waals surface area contributed by atoms with Crippen molar-refractivity contribution in [2.24, 2.45) is 11.1 Å². The summed E-state index contributed by atoms with van der Waals surface area (Å²) in [4.78, 5) is 0. The van der Waals surface area contributed by atoms with E-state index in [0.717, 1.165) is 6.42 Å². The summed E-state index contributed by atoms with van der Waals surface area (Å²) in [6.07, 6.45) is 0.753. The molecule has 0 aromatic carbocycles. The lowest BCUT2D eigenvalue weighted by atomic mass is 9.89. The van der Waals surface area contributed by atoms with E-state index in [4.69, 9.17) is 5.73 Å². The van der Waals surface area contributed by atoms with Crippen LogP contribution >= 0.6 is 0 Å². The average Bonchev–Trinajstić information content (AvgIpc) is 1.62. The molecular weight excluding hydrogens is 117 g/mol. The standard InChI is InChI=1S/C7H16FN/c1-7(2,3)4-6(9)5-8/h6H,4-5,9H2,1-3H3. The van der Waals surface area contributed by atoms with Crippen LogP contribution in [0.2, 0.25) is 0 Å². The molecule has 0 fully saturated rings. The SMILES string of the molecule is CC(C)(C)CC(N)CF. The molecule has 0 heterocycles. The van der Waals surface area contributed by atoms with Gasteiger partial charge in [0.05, 0.1) is 0 Å². The molecule has 0 spiro atoms. The molecule has 9 heavy (non-hydrogen) atoms. The van der Waals surface area contributed by atoms with E-state index in [2.05, 4.69) is 20.8 Å². The summed E-state index contributed by atoms with van der Waals surface area (Å²) in [5, 5.41) is 0. The molecule has 1 nitrogen and oxygen atoms in total. The van der Waals surface area contributed by atoms with E-state index in [1.54, 1.807) is 0 Å². The molecule has 0 rings (SSSR count). The van der Waals surface area contributed by atoms with Gasteiger partial charge in [0, 0.05) is 6.04 Å². The Morgan fingerprint density at radius 3 is 2.00 bits per heavy atom. The van der Waals surface area contributed by atoms with Gasteiger partial charge < -0.3 is 5.73 Å². The van der Waals surface area contributed by atoms with Crippen molar-refractivity contribution in [1.29, 1.82) is 0 Å². The van der Waals surface area contributed by atoms with E-state index < -0.39 is 6.67 Å². The van der Waals surface area contributed by atoms with Crippen LogP contribution in [-0.4, -0.2) is 12.7 Å². The fourth-order valence-electron chi connectivity index (χ4n) is 0.841. The van der Waals surface area contributed by atoms with Crippen LogP contribution in [0.3, 0.4) is 0 Å². The summed E-state index contributed by atoms with van der Waals surface area (Å²) in [5.41, 5.74) is 5.54. The third-order valence-corrected chi connectivity index (χ3v) is 1.07. The first kappa shape index (κ1) is 8.89. The number of hydrogen-bond acceptors (Lipinski definition) is 1. The van der Waals surface area contributed by atoms with Gasteiger partial charge in [0.25, 0.3) is 0 Å². The van der Waals surface area contributed by atoms with Crippen molar-refractivity contribution in [1.82, 2.24) is 0 Å². The van der Waals surface area contributed by atoms with Crippen molar-refractivity contribution in [3.05, 3.63) is 0 Å². The van der Waals surface area contributed by atoms with E-state index in [1.807, 2.05) is 0 Å². The van der Waals surface area contributed by atoms with Gasteiger partial charge in [0.1, 0.15) is 6.67 Å². The summed E-state index contributed by atoms with van der Waals surface area (Å²) < 4.78 is 11.8. The quantitative estimate of drug-likeness (QED) is 0.609. The Labute approximate surface area is 56.4 Å². The Bertz CT molecular complexity index is 75.5. The number of hydrogen-bond donors (Lipinski definition) is 1. The molecule has 0 bridgehead atoms. The Balaban J connectivity index is 3.47. The molecule has 0 radical (unpaired) electrons. The van der Waals surface area contributed by atoms with Crippen molar-refractivity contribution >= 4 is 0 Å². The largest absolute Gasteiger partial charge is 0.325 e. The first-order chi connectivity index (χ1) is 3.95. The van der Waals surface area contributed by atoms with Gasteiger partial charge >= 0.3 is 0 Å². The van der Waals surface area contributed by atoms with Crippen LogP contribution in [0.4, 0.5) is 4.39 Å². The zero-order valence-corrected chi connectivity index (χ0v) is 6.45. The molecule has 0 aromatic heterocycles. The number of nitrogens with two attached hydrogens (primary N) is 1. The fourth-order valence-corrected chi connectivity index (χ4v) is 0.841. The molecule has 0 aromatic rings. The number of rotatable bonds is 2. The molecule has 2 N–H and O–H groups in total. The van der Waals surface area contributed by atoms with Crippen molar-refractivity contribution in [2.75, 3.05) is 6.67 Å². The van der Waals surface area contributed by atoms with Crippen LogP contribution in [0, 0.1) is 5.41 Å². The van der Waals surface area contributed by atoms with Gasteiger partial charge in [-0.3, -0.25) is 0 Å². The molecule has 2 heteroatoms.